The molecule has 1 atom stereocenters. The van der Waals surface area contributed by atoms with Crippen molar-refractivity contribution in [2.45, 2.75) is 38.6 Å². The number of carbonyl (C=O) groups is 2. The summed E-state index contributed by atoms with van der Waals surface area (Å²) in [7, 11) is 1.81. The van der Waals surface area contributed by atoms with Gasteiger partial charge in [0.2, 0.25) is 11.8 Å². The van der Waals surface area contributed by atoms with Crippen LogP contribution < -0.4 is 5.32 Å². The highest BCUT2D eigenvalue weighted by molar-refractivity contribution is 5.85. The summed E-state index contributed by atoms with van der Waals surface area (Å²) in [5.74, 6) is 0.0811. The van der Waals surface area contributed by atoms with Crippen LogP contribution in [0.15, 0.2) is 60.9 Å². The van der Waals surface area contributed by atoms with Gasteiger partial charge in [0.05, 0.1) is 0 Å². The second-order valence-corrected chi connectivity index (χ2v) is 8.38. The normalized spacial score (nSPS) is 12.2. The number of rotatable bonds is 9. The Bertz CT molecular complexity index is 1220. The molecule has 4 aromatic rings. The van der Waals surface area contributed by atoms with E-state index in [0.29, 0.717) is 32.2 Å². The number of para-hydroxylation sites is 2. The molecular formula is C26H30N4O2. The van der Waals surface area contributed by atoms with E-state index >= 15 is 0 Å². The predicted molar refractivity (Wildman–Crippen MR) is 128 cm³/mol. The van der Waals surface area contributed by atoms with Gasteiger partial charge in [-0.25, -0.2) is 0 Å². The zero-order valence-corrected chi connectivity index (χ0v) is 18.7. The summed E-state index contributed by atoms with van der Waals surface area (Å²) in [5.41, 5.74) is 4.48. The average Bonchev–Trinajstić information content (AvgIpc) is 3.43. The fourth-order valence-electron chi connectivity index (χ4n) is 4.08. The molecule has 2 aromatic carbocycles. The molecule has 0 saturated heterocycles. The van der Waals surface area contributed by atoms with Crippen LogP contribution >= 0.6 is 0 Å². The van der Waals surface area contributed by atoms with Gasteiger partial charge in [0.15, 0.2) is 0 Å². The largest absolute Gasteiger partial charge is 0.361 e. The van der Waals surface area contributed by atoms with E-state index in [1.807, 2.05) is 55.7 Å². The third-order valence-electron chi connectivity index (χ3n) is 6.23. The second-order valence-electron chi connectivity index (χ2n) is 8.38. The SMILES string of the molecule is C[C@H](CNC(=O)CCc1c[nH]c2ccccc12)N(C)C(=O)CCc1c[nH]c2ccccc12. The maximum atomic E-state index is 12.7. The molecular weight excluding hydrogens is 400 g/mol. The van der Waals surface area contributed by atoms with Crippen molar-refractivity contribution in [2.75, 3.05) is 13.6 Å². The van der Waals surface area contributed by atoms with Crippen molar-refractivity contribution >= 4 is 33.6 Å². The Morgan fingerprint density at radius 1 is 0.875 bits per heavy atom. The van der Waals surface area contributed by atoms with Gasteiger partial charge in [-0.1, -0.05) is 36.4 Å². The standard InChI is InChI=1S/C26H30N4O2/c1-18(15-29-25(31)13-11-19-16-27-23-9-5-3-7-21(19)23)30(2)26(32)14-12-20-17-28-24-10-6-4-8-22(20)24/h3-10,16-18,27-28H,11-15H2,1-2H3,(H,29,31)/t18-/m1/s1. The number of aromatic amines is 2. The van der Waals surface area contributed by atoms with Gasteiger partial charge < -0.3 is 20.2 Å². The number of hydrogen-bond donors (Lipinski definition) is 3. The number of fused-ring (bicyclic) bond motifs is 2. The van der Waals surface area contributed by atoms with Crippen molar-refractivity contribution in [3.8, 4) is 0 Å². The smallest absolute Gasteiger partial charge is 0.222 e. The summed E-state index contributed by atoms with van der Waals surface area (Å²) in [6.45, 7) is 2.41. The minimum Gasteiger partial charge on any atom is -0.361 e. The highest BCUT2D eigenvalue weighted by Gasteiger charge is 2.17. The number of nitrogens with zero attached hydrogens (tertiary/aromatic N) is 1. The molecule has 2 amide bonds. The molecule has 0 spiro atoms. The van der Waals surface area contributed by atoms with Crippen molar-refractivity contribution < 1.29 is 9.59 Å². The molecule has 3 N–H and O–H groups in total. The van der Waals surface area contributed by atoms with Gasteiger partial charge in [-0.05, 0) is 43.0 Å². The molecule has 32 heavy (non-hydrogen) atoms. The molecule has 0 aliphatic rings. The van der Waals surface area contributed by atoms with Crippen LogP contribution in [0.3, 0.4) is 0 Å². The molecule has 4 rings (SSSR count). The molecule has 6 heteroatoms. The Hall–Kier alpha value is -3.54. The van der Waals surface area contributed by atoms with E-state index in [0.717, 1.165) is 27.5 Å². The van der Waals surface area contributed by atoms with Gasteiger partial charge in [0.1, 0.15) is 0 Å². The average molecular weight is 431 g/mol. The van der Waals surface area contributed by atoms with Crippen LogP contribution in [0.1, 0.15) is 30.9 Å². The Morgan fingerprint density at radius 2 is 1.41 bits per heavy atom. The van der Waals surface area contributed by atoms with Crippen LogP contribution in [0, 0.1) is 0 Å². The molecule has 0 aliphatic carbocycles. The number of benzene rings is 2. The lowest BCUT2D eigenvalue weighted by Gasteiger charge is -2.25. The minimum absolute atomic E-state index is 0.00164. The van der Waals surface area contributed by atoms with Crippen LogP contribution in [0.2, 0.25) is 0 Å². The quantitative estimate of drug-likeness (QED) is 0.372. The fraction of sp³-hybridized carbons (Fsp3) is 0.308. The number of carbonyl (C=O) groups excluding carboxylic acids is 2. The molecule has 0 unspecified atom stereocenters. The molecule has 0 aliphatic heterocycles. The van der Waals surface area contributed by atoms with E-state index in [1.165, 1.54) is 5.39 Å². The highest BCUT2D eigenvalue weighted by atomic mass is 16.2. The van der Waals surface area contributed by atoms with Gasteiger partial charge >= 0.3 is 0 Å². The molecule has 6 nitrogen and oxygen atoms in total. The maximum absolute atomic E-state index is 12.7. The summed E-state index contributed by atoms with van der Waals surface area (Å²) >= 11 is 0. The number of H-pyrrole nitrogens is 2. The highest BCUT2D eigenvalue weighted by Crippen LogP contribution is 2.20. The molecule has 2 aromatic heterocycles. The zero-order chi connectivity index (χ0) is 22.5. The Kier molecular flexibility index (Phi) is 6.59. The number of amides is 2. The van der Waals surface area contributed by atoms with Crippen LogP contribution in [-0.2, 0) is 22.4 Å². The molecule has 0 bridgehead atoms. The van der Waals surface area contributed by atoms with Crippen LogP contribution in [-0.4, -0.2) is 46.3 Å². The minimum atomic E-state index is -0.0671. The lowest BCUT2D eigenvalue weighted by atomic mass is 10.1. The number of hydrogen-bond acceptors (Lipinski definition) is 2. The van der Waals surface area contributed by atoms with Crippen molar-refractivity contribution in [3.63, 3.8) is 0 Å². The van der Waals surface area contributed by atoms with Crippen LogP contribution in [0.5, 0.6) is 0 Å². The van der Waals surface area contributed by atoms with Crippen molar-refractivity contribution in [1.29, 1.82) is 0 Å². The summed E-state index contributed by atoms with van der Waals surface area (Å²) in [4.78, 5) is 33.2. The van der Waals surface area contributed by atoms with Gasteiger partial charge in [-0.2, -0.15) is 0 Å². The Labute approximate surface area is 188 Å². The fourth-order valence-corrected chi connectivity index (χ4v) is 4.08. The molecule has 0 fully saturated rings. The molecule has 166 valence electrons. The lowest BCUT2D eigenvalue weighted by Crippen LogP contribution is -2.43. The summed E-state index contributed by atoms with van der Waals surface area (Å²) in [6, 6.07) is 16.2. The summed E-state index contributed by atoms with van der Waals surface area (Å²) < 4.78 is 0. The van der Waals surface area contributed by atoms with E-state index in [-0.39, 0.29) is 17.9 Å². The van der Waals surface area contributed by atoms with Gasteiger partial charge in [-0.15, -0.1) is 0 Å². The lowest BCUT2D eigenvalue weighted by molar-refractivity contribution is -0.132. The van der Waals surface area contributed by atoms with Gasteiger partial charge in [-0.3, -0.25) is 9.59 Å². The van der Waals surface area contributed by atoms with Crippen LogP contribution in [0.25, 0.3) is 21.8 Å². The molecule has 2 heterocycles. The van der Waals surface area contributed by atoms with Gasteiger partial charge in [0.25, 0.3) is 0 Å². The number of nitrogens with one attached hydrogen (secondary N) is 3. The molecule has 0 saturated carbocycles. The van der Waals surface area contributed by atoms with Gasteiger partial charge in [0, 0.05) is 66.7 Å². The maximum Gasteiger partial charge on any atom is 0.222 e. The first-order chi connectivity index (χ1) is 15.5. The summed E-state index contributed by atoms with van der Waals surface area (Å²) in [5, 5.41) is 5.30. The third-order valence-corrected chi connectivity index (χ3v) is 6.23. The van der Waals surface area contributed by atoms with E-state index in [9.17, 15) is 9.59 Å². The molecule has 0 radical (unpaired) electrons. The Morgan fingerprint density at radius 3 is 2.00 bits per heavy atom. The Balaban J connectivity index is 1.21. The van der Waals surface area contributed by atoms with E-state index < -0.39 is 0 Å². The number of aryl methyl sites for hydroxylation is 2. The van der Waals surface area contributed by atoms with E-state index in [1.54, 1.807) is 11.9 Å². The number of likely N-dealkylation sites (N-methyl/N-ethyl adjacent to an activating group) is 1. The number of aromatic nitrogens is 2. The first-order valence-corrected chi connectivity index (χ1v) is 11.2. The first-order valence-electron chi connectivity index (χ1n) is 11.2. The van der Waals surface area contributed by atoms with E-state index in [2.05, 4.69) is 27.4 Å². The second kappa shape index (κ2) is 9.73. The van der Waals surface area contributed by atoms with Crippen molar-refractivity contribution in [2.24, 2.45) is 0 Å². The monoisotopic (exact) mass is 430 g/mol. The van der Waals surface area contributed by atoms with Crippen molar-refractivity contribution in [1.82, 2.24) is 20.2 Å². The van der Waals surface area contributed by atoms with Crippen LogP contribution in [0.4, 0.5) is 0 Å². The van der Waals surface area contributed by atoms with Crippen molar-refractivity contribution in [3.05, 3.63) is 72.1 Å². The summed E-state index contributed by atoms with van der Waals surface area (Å²) in [6.07, 6.45) is 6.19. The first kappa shape index (κ1) is 21.7. The van der Waals surface area contributed by atoms with E-state index in [4.69, 9.17) is 0 Å². The predicted octanol–water partition coefficient (Wildman–Crippen LogP) is 4.18. The topological polar surface area (TPSA) is 81.0 Å². The third kappa shape index (κ3) is 4.85. The zero-order valence-electron chi connectivity index (χ0n) is 18.7.